The van der Waals surface area contributed by atoms with Crippen LogP contribution in [0.15, 0.2) is 96.8 Å². The number of hydrogen-bond acceptors (Lipinski definition) is 2. The van der Waals surface area contributed by atoms with Crippen molar-refractivity contribution in [2.24, 2.45) is 5.92 Å². The van der Waals surface area contributed by atoms with Crippen LogP contribution in [0.25, 0.3) is 0 Å². The molecule has 3 aromatic carbocycles. The number of carbonyl (C=O) groups is 1. The number of benzene rings is 3. The Balaban J connectivity index is 0.000000638. The van der Waals surface area contributed by atoms with Crippen LogP contribution in [0.3, 0.4) is 0 Å². The molecule has 1 unspecified atom stereocenters. The molecule has 0 spiro atoms. The zero-order valence-corrected chi connectivity index (χ0v) is 22.4. The van der Waals surface area contributed by atoms with E-state index in [-0.39, 0.29) is 19.3 Å². The number of hydrogen-bond donors (Lipinski definition) is 0. The van der Waals surface area contributed by atoms with Gasteiger partial charge in [-0.2, -0.15) is 0 Å². The largest absolute Gasteiger partial charge is 0.102 e. The first-order chi connectivity index (χ1) is 15.0. The van der Waals surface area contributed by atoms with Gasteiger partial charge in [0.05, 0.1) is 7.92 Å². The molecule has 3 aromatic rings. The first-order valence-electron chi connectivity index (χ1n) is 9.99. The maximum Gasteiger partial charge on any atom is 0.102 e. The van der Waals surface area contributed by atoms with Crippen LogP contribution in [0.1, 0.15) is 27.2 Å². The van der Waals surface area contributed by atoms with Gasteiger partial charge in [0.15, 0.2) is 0 Å². The van der Waals surface area contributed by atoms with E-state index in [1.807, 2.05) is 31.2 Å². The second kappa shape index (κ2) is 17.7. The van der Waals surface area contributed by atoms with Gasteiger partial charge < -0.3 is 18.7 Å². The molecule has 0 aromatic heterocycles. The quantitative estimate of drug-likeness (QED) is 0.118. The standard InChI is InChI=1S/C18H15P.C8H13O2.CH3.ClH.Rh/c1-4-10-16(11-5-1)19(17-12-6-2-7-13-17)18-14-8-3-9-15-18;1-5-6(2)7(3)10-8(4)9;;;/h1-15H;3,6H,5H2,1-2,4H3;1H3;1H;/q;2*-1;;+3. The molecule has 0 aliphatic heterocycles. The van der Waals surface area contributed by atoms with Gasteiger partial charge in [0.2, 0.25) is 0 Å². The van der Waals surface area contributed by atoms with E-state index in [9.17, 15) is 4.79 Å². The third-order valence-corrected chi connectivity index (χ3v) is 7.28. The van der Waals surface area contributed by atoms with E-state index in [2.05, 4.69) is 105 Å². The fourth-order valence-electron chi connectivity index (χ4n) is 2.78. The molecule has 0 heterocycles. The molecule has 3 rings (SSSR count). The average Bonchev–Trinajstić information content (AvgIpc) is 2.82. The Morgan fingerprint density at radius 3 is 1.44 bits per heavy atom. The van der Waals surface area contributed by atoms with E-state index in [4.69, 9.17) is 6.58 Å². The Morgan fingerprint density at radius 2 is 1.19 bits per heavy atom. The fourth-order valence-corrected chi connectivity index (χ4v) is 5.36. The van der Waals surface area contributed by atoms with Gasteiger partial charge in [-0.3, -0.25) is 4.79 Å². The van der Waals surface area contributed by atoms with Gasteiger partial charge in [0.25, 0.3) is 0 Å². The zero-order valence-electron chi connectivity index (χ0n) is 19.0. The molecule has 32 heavy (non-hydrogen) atoms. The SMILES string of the molecule is [CH-]=C(OC(C)=O)C(C)CC.[CH3-].[Cl][Rh+2].c1ccc([PH+](c2ccccc2)c2ccccc2)cc1. The summed E-state index contributed by atoms with van der Waals surface area (Å²) < 4.78 is 4.66. The molecular weight excluding hydrogens is 526 g/mol. The van der Waals surface area contributed by atoms with Gasteiger partial charge in [-0.15, -0.1) is 0 Å². The number of esters is 1. The molecule has 0 amide bonds. The number of ether oxygens (including phenoxy) is 1. The van der Waals surface area contributed by atoms with Crippen LogP contribution in [0.4, 0.5) is 0 Å². The minimum atomic E-state index is -0.877. The van der Waals surface area contributed by atoms with Gasteiger partial charge in [-0.05, 0) is 48.7 Å². The topological polar surface area (TPSA) is 26.3 Å². The first-order valence-corrected chi connectivity index (χ1v) is 13.6. The molecule has 172 valence electrons. The normalized spacial score (nSPS) is 10.3. The van der Waals surface area contributed by atoms with Crippen molar-refractivity contribution in [2.75, 3.05) is 0 Å². The summed E-state index contributed by atoms with van der Waals surface area (Å²) in [5, 5.41) is 4.31. The summed E-state index contributed by atoms with van der Waals surface area (Å²) in [7, 11) is 3.65. The summed E-state index contributed by atoms with van der Waals surface area (Å²) in [6.07, 6.45) is 0.888. The Kier molecular flexibility index (Phi) is 16.7. The molecule has 0 saturated heterocycles. The number of halogens is 1. The van der Waals surface area contributed by atoms with Crippen LogP contribution in [-0.4, -0.2) is 5.97 Å². The summed E-state index contributed by atoms with van der Waals surface area (Å²) in [4.78, 5) is 10.4. The molecule has 0 fully saturated rings. The predicted molar refractivity (Wildman–Crippen MR) is 138 cm³/mol. The molecule has 0 N–H and O–H groups in total. The first kappa shape index (κ1) is 30.2. The third kappa shape index (κ3) is 10.7. The molecule has 0 aliphatic rings. The van der Waals surface area contributed by atoms with Gasteiger partial charge in [-0.1, -0.05) is 74.2 Å². The zero-order chi connectivity index (χ0) is 23.1. The van der Waals surface area contributed by atoms with Crippen molar-refractivity contribution in [3.05, 3.63) is 111 Å². The monoisotopic (exact) mass is 557 g/mol. The second-order valence-electron chi connectivity index (χ2n) is 6.78. The van der Waals surface area contributed by atoms with E-state index in [0.29, 0.717) is 5.76 Å². The van der Waals surface area contributed by atoms with E-state index < -0.39 is 7.92 Å². The van der Waals surface area contributed by atoms with Crippen LogP contribution in [0.2, 0.25) is 0 Å². The molecule has 0 aliphatic carbocycles. The van der Waals surface area contributed by atoms with Crippen LogP contribution in [0, 0.1) is 19.9 Å². The molecule has 0 bridgehead atoms. The second-order valence-corrected chi connectivity index (χ2v) is 9.26. The summed E-state index contributed by atoms with van der Waals surface area (Å²) in [6.45, 7) is 10.6. The summed E-state index contributed by atoms with van der Waals surface area (Å²) in [5.41, 5.74) is 0. The summed E-state index contributed by atoms with van der Waals surface area (Å²) in [6, 6.07) is 32.5. The van der Waals surface area contributed by atoms with E-state index in [1.165, 1.54) is 22.8 Å². The molecular formula is C27H32ClO2PRh+. The number of rotatable bonds is 6. The Morgan fingerprint density at radius 1 is 0.875 bits per heavy atom. The number of allylic oxidation sites excluding steroid dienone is 1. The smallest absolute Gasteiger partial charge is 0.0620 e. The van der Waals surface area contributed by atoms with Crippen LogP contribution < -0.4 is 15.9 Å². The Hall–Kier alpha value is -1.79. The van der Waals surface area contributed by atoms with Crippen molar-refractivity contribution in [3.8, 4) is 0 Å². The average molecular weight is 558 g/mol. The maximum absolute atomic E-state index is 10.4. The summed E-state index contributed by atoms with van der Waals surface area (Å²) in [5.74, 6) is 0.122. The van der Waals surface area contributed by atoms with Crippen molar-refractivity contribution in [3.63, 3.8) is 0 Å². The van der Waals surface area contributed by atoms with Crippen molar-refractivity contribution in [1.82, 2.24) is 0 Å². The fraction of sp³-hybridized carbons (Fsp3) is 0.185. The molecule has 0 radical (unpaired) electrons. The van der Waals surface area contributed by atoms with Crippen LogP contribution in [0.5, 0.6) is 0 Å². The Bertz CT molecular complexity index is 795. The van der Waals surface area contributed by atoms with E-state index in [1.54, 1.807) is 0 Å². The van der Waals surface area contributed by atoms with Crippen LogP contribution in [-0.2, 0) is 26.8 Å². The molecule has 0 saturated carbocycles. The minimum Gasteiger partial charge on any atom is -0.0620 e. The third-order valence-electron chi connectivity index (χ3n) is 4.55. The minimum absolute atomic E-state index is 0. The number of carbonyl (C=O) groups excluding carboxylic acids is 1. The summed E-state index contributed by atoms with van der Waals surface area (Å²) >= 11 is 2.02. The maximum atomic E-state index is 10.4. The molecule has 1 atom stereocenters. The van der Waals surface area contributed by atoms with Gasteiger partial charge in [-0.25, -0.2) is 0 Å². The molecule has 5 heteroatoms. The van der Waals surface area contributed by atoms with Crippen molar-refractivity contribution >= 4 is 39.5 Å². The predicted octanol–water partition coefficient (Wildman–Crippen LogP) is 6.23. The van der Waals surface area contributed by atoms with E-state index >= 15 is 0 Å². The van der Waals surface area contributed by atoms with Crippen molar-refractivity contribution in [1.29, 1.82) is 0 Å². The van der Waals surface area contributed by atoms with Crippen molar-refractivity contribution < 1.29 is 26.8 Å². The van der Waals surface area contributed by atoms with Gasteiger partial charge in [0, 0.05) is 6.92 Å². The van der Waals surface area contributed by atoms with Crippen molar-refractivity contribution in [2.45, 2.75) is 27.2 Å². The van der Waals surface area contributed by atoms with E-state index in [0.717, 1.165) is 6.42 Å². The van der Waals surface area contributed by atoms with Gasteiger partial charge >= 0.3 is 33.0 Å². The van der Waals surface area contributed by atoms with Gasteiger partial charge in [0.1, 0.15) is 15.9 Å². The molecule has 2 nitrogen and oxygen atoms in total. The Labute approximate surface area is 209 Å². The van der Waals surface area contributed by atoms with Crippen LogP contribution >= 0.6 is 17.6 Å².